The second-order valence-electron chi connectivity index (χ2n) is 2.84. The fourth-order valence-corrected chi connectivity index (χ4v) is 0.654. The lowest BCUT2D eigenvalue weighted by Gasteiger charge is -1.95. The largest absolute Gasteiger partial charge is 0.448 e. The van der Waals surface area contributed by atoms with Crippen molar-refractivity contribution in [3.8, 4) is 0 Å². The van der Waals surface area contributed by atoms with Crippen LogP contribution in [0.15, 0.2) is 0 Å². The van der Waals surface area contributed by atoms with E-state index in [1.54, 1.807) is 0 Å². The first kappa shape index (κ1) is 22.8. The molecule has 19 heavy (non-hydrogen) atoms. The quantitative estimate of drug-likeness (QED) is 0.292. The lowest BCUT2D eigenvalue weighted by atomic mass is 10.6. The van der Waals surface area contributed by atoms with Gasteiger partial charge in [-0.15, -0.1) is 0 Å². The molecule has 1 amide bonds. The predicted molar refractivity (Wildman–Crippen MR) is 71.2 cm³/mol. The molecule has 1 rings (SSSR count). The van der Waals surface area contributed by atoms with Gasteiger partial charge in [0.1, 0.15) is 6.61 Å². The molecule has 0 spiro atoms. The van der Waals surface area contributed by atoms with Crippen molar-refractivity contribution in [2.24, 2.45) is 11.5 Å². The Labute approximate surface area is 111 Å². The standard InChI is InChI=1S/C4H12N2O.C3H5NO2.C2H7NO.O2/c5-1-2-6-3-4-7;5-3-4-1-2-6-3;3-1-2-4;1-2/h6-7H,1-5H2;1-2H2,(H,4,5);4H,1-3H2;. The third kappa shape index (κ3) is 31.5. The van der Waals surface area contributed by atoms with E-state index in [4.69, 9.17) is 31.6 Å². The maximum Gasteiger partial charge on any atom is 0.407 e. The summed E-state index contributed by atoms with van der Waals surface area (Å²) in [4.78, 5) is 23.9. The number of rotatable bonds is 5. The number of aliphatic hydroxyl groups excluding tert-OH is 2. The van der Waals surface area contributed by atoms with E-state index in [1.807, 2.05) is 0 Å². The molecule has 1 fully saturated rings. The number of amides is 1. The van der Waals surface area contributed by atoms with Crippen LogP contribution in [0.1, 0.15) is 0 Å². The summed E-state index contributed by atoms with van der Waals surface area (Å²) in [5.74, 6) is 0. The van der Waals surface area contributed by atoms with E-state index in [9.17, 15) is 4.79 Å². The zero-order valence-corrected chi connectivity index (χ0v) is 10.8. The van der Waals surface area contributed by atoms with Gasteiger partial charge in [0, 0.05) is 36.1 Å². The Bertz CT molecular complexity index is 161. The summed E-state index contributed by atoms with van der Waals surface area (Å²) in [6.07, 6.45) is -0.296. The Morgan fingerprint density at radius 2 is 1.74 bits per heavy atom. The Balaban J connectivity index is -0.000000195. The van der Waals surface area contributed by atoms with Gasteiger partial charge in [0.2, 0.25) is 0 Å². The first-order chi connectivity index (χ1) is 9.22. The van der Waals surface area contributed by atoms with Gasteiger partial charge in [0.25, 0.3) is 0 Å². The first-order valence-electron chi connectivity index (χ1n) is 5.62. The van der Waals surface area contributed by atoms with Gasteiger partial charge in [0.15, 0.2) is 0 Å². The Morgan fingerprint density at radius 3 is 1.95 bits per heavy atom. The predicted octanol–water partition coefficient (Wildman–Crippen LogP) is -2.74. The molecule has 0 aromatic rings. The molecule has 0 bridgehead atoms. The molecule has 10 heteroatoms. The van der Waals surface area contributed by atoms with Crippen LogP contribution < -0.4 is 22.1 Å². The average molecular weight is 284 g/mol. The van der Waals surface area contributed by atoms with Crippen LogP contribution in [0.3, 0.4) is 0 Å². The van der Waals surface area contributed by atoms with Crippen molar-refractivity contribution in [3.63, 3.8) is 0 Å². The Hall–Kier alpha value is -1.33. The topological polar surface area (TPSA) is 177 Å². The molecular weight excluding hydrogens is 260 g/mol. The molecule has 0 aromatic heterocycles. The Morgan fingerprint density at radius 1 is 1.16 bits per heavy atom. The molecule has 0 saturated carbocycles. The zero-order chi connectivity index (χ0) is 15.4. The van der Waals surface area contributed by atoms with Crippen LogP contribution in [0.4, 0.5) is 4.79 Å². The van der Waals surface area contributed by atoms with E-state index >= 15 is 0 Å². The van der Waals surface area contributed by atoms with Crippen molar-refractivity contribution >= 4 is 6.09 Å². The summed E-state index contributed by atoms with van der Waals surface area (Å²) < 4.78 is 4.40. The molecule has 0 atom stereocenters. The van der Waals surface area contributed by atoms with Crippen LogP contribution in [0.25, 0.3) is 0 Å². The van der Waals surface area contributed by atoms with Crippen molar-refractivity contribution in [3.05, 3.63) is 9.93 Å². The summed E-state index contributed by atoms with van der Waals surface area (Å²) in [5, 5.41) is 21.3. The number of hydrogen-bond acceptors (Lipinski definition) is 9. The normalized spacial score (nSPS) is 11.5. The highest BCUT2D eigenvalue weighted by molar-refractivity contribution is 5.68. The molecule has 116 valence electrons. The SMILES string of the molecule is NCCNCCO.NCCO.O=C1NCCO1.O=O. The maximum atomic E-state index is 9.91. The number of carbonyl (C=O) groups is 1. The fraction of sp³-hybridized carbons (Fsp3) is 0.889. The van der Waals surface area contributed by atoms with Gasteiger partial charge in [-0.2, -0.15) is 0 Å². The highest BCUT2D eigenvalue weighted by atomic mass is 16.7. The number of carbonyl (C=O) groups excluding carboxylic acids is 1. The molecular formula is C9H24N4O6. The van der Waals surface area contributed by atoms with Crippen LogP contribution in [0.5, 0.6) is 0 Å². The minimum absolute atomic E-state index is 0.0972. The minimum Gasteiger partial charge on any atom is -0.448 e. The summed E-state index contributed by atoms with van der Waals surface area (Å²) in [6, 6.07) is 0. The molecule has 1 saturated heterocycles. The number of nitrogens with two attached hydrogens (primary N) is 2. The van der Waals surface area contributed by atoms with Crippen LogP contribution >= 0.6 is 0 Å². The van der Waals surface area contributed by atoms with Gasteiger partial charge in [-0.1, -0.05) is 0 Å². The highest BCUT2D eigenvalue weighted by Crippen LogP contribution is 1.82. The number of aliphatic hydroxyl groups is 2. The Kier molecular flexibility index (Phi) is 30.6. The maximum absolute atomic E-state index is 9.91. The molecule has 1 aliphatic rings. The third-order valence-electron chi connectivity index (χ3n) is 1.34. The summed E-state index contributed by atoms with van der Waals surface area (Å²) in [6.45, 7) is 3.94. The molecule has 0 radical (unpaired) electrons. The van der Waals surface area contributed by atoms with Crippen molar-refractivity contribution in [2.45, 2.75) is 0 Å². The van der Waals surface area contributed by atoms with E-state index in [-0.39, 0.29) is 19.3 Å². The number of cyclic esters (lactones) is 1. The second-order valence-corrected chi connectivity index (χ2v) is 2.84. The number of nitrogens with one attached hydrogen (secondary N) is 2. The summed E-state index contributed by atoms with van der Waals surface area (Å²) in [7, 11) is 0. The smallest absolute Gasteiger partial charge is 0.407 e. The molecule has 1 heterocycles. The molecule has 1 aliphatic heterocycles. The van der Waals surface area contributed by atoms with Gasteiger partial charge in [0.05, 0.1) is 19.8 Å². The van der Waals surface area contributed by atoms with E-state index in [0.717, 1.165) is 6.54 Å². The van der Waals surface area contributed by atoms with E-state index in [2.05, 4.69) is 15.4 Å². The fourth-order valence-electron chi connectivity index (χ4n) is 0.654. The second kappa shape index (κ2) is 25.5. The summed E-state index contributed by atoms with van der Waals surface area (Å²) in [5.41, 5.74) is 9.90. The van der Waals surface area contributed by atoms with Crippen LogP contribution in [0.2, 0.25) is 0 Å². The molecule has 10 nitrogen and oxygen atoms in total. The lowest BCUT2D eigenvalue weighted by Crippen LogP contribution is -2.24. The molecule has 0 unspecified atom stereocenters. The average Bonchev–Trinajstić information content (AvgIpc) is 2.94. The highest BCUT2D eigenvalue weighted by Gasteiger charge is 2.06. The summed E-state index contributed by atoms with van der Waals surface area (Å²) >= 11 is 0. The van der Waals surface area contributed by atoms with Gasteiger partial charge in [-0.05, 0) is 0 Å². The monoisotopic (exact) mass is 284 g/mol. The van der Waals surface area contributed by atoms with Crippen molar-refractivity contribution in [1.29, 1.82) is 0 Å². The van der Waals surface area contributed by atoms with Crippen LogP contribution in [0, 0.1) is 9.93 Å². The van der Waals surface area contributed by atoms with Crippen molar-refractivity contribution < 1.29 is 19.7 Å². The minimum atomic E-state index is -0.296. The number of hydrogen-bond donors (Lipinski definition) is 6. The van der Waals surface area contributed by atoms with Gasteiger partial charge < -0.3 is 37.1 Å². The van der Waals surface area contributed by atoms with Crippen LogP contribution in [-0.4, -0.2) is 68.9 Å². The van der Waals surface area contributed by atoms with Gasteiger partial charge in [-0.3, -0.25) is 0 Å². The van der Waals surface area contributed by atoms with Gasteiger partial charge in [-0.25, -0.2) is 4.79 Å². The molecule has 0 aromatic carbocycles. The number of alkyl carbamates (subject to hydrolysis) is 1. The van der Waals surface area contributed by atoms with E-state index in [1.165, 1.54) is 0 Å². The van der Waals surface area contributed by atoms with Crippen LogP contribution in [-0.2, 0) is 4.74 Å². The van der Waals surface area contributed by atoms with Crippen molar-refractivity contribution in [2.75, 3.05) is 52.5 Å². The molecule has 0 aliphatic carbocycles. The van der Waals surface area contributed by atoms with E-state index in [0.29, 0.717) is 32.8 Å². The molecule has 8 N–H and O–H groups in total. The van der Waals surface area contributed by atoms with Crippen molar-refractivity contribution in [1.82, 2.24) is 10.6 Å². The lowest BCUT2D eigenvalue weighted by molar-refractivity contribution is 0.178. The third-order valence-corrected chi connectivity index (χ3v) is 1.34. The number of ether oxygens (including phenoxy) is 1. The van der Waals surface area contributed by atoms with E-state index < -0.39 is 0 Å². The first-order valence-corrected chi connectivity index (χ1v) is 5.62. The van der Waals surface area contributed by atoms with Gasteiger partial charge >= 0.3 is 6.09 Å². The zero-order valence-electron chi connectivity index (χ0n) is 10.8.